The lowest BCUT2D eigenvalue weighted by Gasteiger charge is -2.42. The first-order valence-corrected chi connectivity index (χ1v) is 6.98. The summed E-state index contributed by atoms with van der Waals surface area (Å²) in [5.74, 6) is 0. The van der Waals surface area contributed by atoms with E-state index in [2.05, 4.69) is 40.2 Å². The summed E-state index contributed by atoms with van der Waals surface area (Å²) >= 11 is 3.52. The van der Waals surface area contributed by atoms with E-state index in [9.17, 15) is 0 Å². The zero-order valence-electron chi connectivity index (χ0n) is 9.71. The molecule has 0 unspecified atom stereocenters. The van der Waals surface area contributed by atoms with Gasteiger partial charge in [0.1, 0.15) is 0 Å². The Kier molecular flexibility index (Phi) is 4.04. The van der Waals surface area contributed by atoms with Crippen molar-refractivity contribution in [2.24, 2.45) is 11.1 Å². The van der Waals surface area contributed by atoms with Crippen LogP contribution in [-0.4, -0.2) is 6.54 Å². The number of hydrogen-bond acceptors (Lipinski definition) is 1. The van der Waals surface area contributed by atoms with Gasteiger partial charge in [0.25, 0.3) is 0 Å². The molecule has 2 heteroatoms. The third kappa shape index (κ3) is 2.86. The Labute approximate surface area is 107 Å². The van der Waals surface area contributed by atoms with Crippen molar-refractivity contribution in [2.75, 3.05) is 6.54 Å². The minimum absolute atomic E-state index is 0.580. The van der Waals surface area contributed by atoms with Crippen LogP contribution in [0.1, 0.15) is 37.7 Å². The van der Waals surface area contributed by atoms with Gasteiger partial charge in [-0.3, -0.25) is 0 Å². The predicted molar refractivity (Wildman–Crippen MR) is 72.4 cm³/mol. The number of hydrogen-bond donors (Lipinski definition) is 1. The molecule has 1 aliphatic rings. The van der Waals surface area contributed by atoms with Crippen LogP contribution in [0.3, 0.4) is 0 Å². The summed E-state index contributed by atoms with van der Waals surface area (Å²) in [6, 6.07) is 8.66. The lowest BCUT2D eigenvalue weighted by atomic mass is 9.64. The summed E-state index contributed by atoms with van der Waals surface area (Å²) in [7, 11) is 0. The Morgan fingerprint density at radius 1 is 1.25 bits per heavy atom. The van der Waals surface area contributed by atoms with Gasteiger partial charge in [-0.05, 0) is 61.8 Å². The van der Waals surface area contributed by atoms with E-state index in [0.29, 0.717) is 5.41 Å². The van der Waals surface area contributed by atoms with Crippen molar-refractivity contribution in [1.82, 2.24) is 0 Å². The Bertz CT molecular complexity index is 344. The van der Waals surface area contributed by atoms with Crippen molar-refractivity contribution >= 4 is 15.9 Å². The Hall–Kier alpha value is -0.340. The molecular weight excluding hydrogens is 262 g/mol. The number of nitrogens with two attached hydrogens (primary N) is 1. The van der Waals surface area contributed by atoms with Crippen molar-refractivity contribution in [3.05, 3.63) is 34.3 Å². The monoisotopic (exact) mass is 281 g/mol. The Morgan fingerprint density at radius 3 is 2.62 bits per heavy atom. The maximum Gasteiger partial charge on any atom is 0.0177 e. The third-order valence-corrected chi connectivity index (χ3v) is 4.42. The largest absolute Gasteiger partial charge is 0.330 e. The second-order valence-electron chi connectivity index (χ2n) is 5.02. The molecule has 0 radical (unpaired) electrons. The average Bonchev–Trinajstić information content (AvgIpc) is 2.22. The minimum atomic E-state index is 0.580. The quantitative estimate of drug-likeness (QED) is 0.870. The van der Waals surface area contributed by atoms with Crippen LogP contribution in [0.15, 0.2) is 28.7 Å². The number of halogens is 1. The second kappa shape index (κ2) is 5.33. The summed E-state index contributed by atoms with van der Waals surface area (Å²) < 4.78 is 1.19. The van der Waals surface area contributed by atoms with E-state index in [4.69, 9.17) is 5.73 Å². The number of rotatable bonds is 5. The minimum Gasteiger partial charge on any atom is -0.330 e. The van der Waals surface area contributed by atoms with Gasteiger partial charge in [-0.25, -0.2) is 0 Å². The van der Waals surface area contributed by atoms with Crippen LogP contribution in [0.2, 0.25) is 0 Å². The van der Waals surface area contributed by atoms with Crippen LogP contribution in [-0.2, 0) is 6.42 Å². The van der Waals surface area contributed by atoms with Crippen molar-refractivity contribution in [3.63, 3.8) is 0 Å². The lowest BCUT2D eigenvalue weighted by Crippen LogP contribution is -2.32. The van der Waals surface area contributed by atoms with Crippen LogP contribution in [0.25, 0.3) is 0 Å². The maximum absolute atomic E-state index is 5.71. The highest BCUT2D eigenvalue weighted by Gasteiger charge is 2.35. The van der Waals surface area contributed by atoms with Crippen molar-refractivity contribution in [2.45, 2.75) is 38.5 Å². The van der Waals surface area contributed by atoms with Crippen molar-refractivity contribution in [1.29, 1.82) is 0 Å². The van der Waals surface area contributed by atoms with Crippen LogP contribution < -0.4 is 5.73 Å². The molecule has 1 aromatic rings. The second-order valence-corrected chi connectivity index (χ2v) is 5.94. The molecule has 1 saturated carbocycles. The van der Waals surface area contributed by atoms with Gasteiger partial charge in [-0.15, -0.1) is 0 Å². The molecule has 16 heavy (non-hydrogen) atoms. The predicted octanol–water partition coefficient (Wildman–Crippen LogP) is 3.90. The van der Waals surface area contributed by atoms with E-state index < -0.39 is 0 Å². The first kappa shape index (κ1) is 12.1. The van der Waals surface area contributed by atoms with E-state index in [1.165, 1.54) is 48.6 Å². The van der Waals surface area contributed by atoms with E-state index in [0.717, 1.165) is 6.54 Å². The van der Waals surface area contributed by atoms with Crippen LogP contribution in [0.4, 0.5) is 0 Å². The number of benzene rings is 1. The topological polar surface area (TPSA) is 26.0 Å². The SMILES string of the molecule is NCCC1(CCc2cccc(Br)c2)CCC1. The van der Waals surface area contributed by atoms with Gasteiger partial charge in [-0.1, -0.05) is 34.5 Å². The molecule has 88 valence electrons. The smallest absolute Gasteiger partial charge is 0.0177 e. The van der Waals surface area contributed by atoms with Gasteiger partial charge < -0.3 is 5.73 Å². The first-order valence-electron chi connectivity index (χ1n) is 6.19. The molecule has 0 heterocycles. The summed E-state index contributed by atoms with van der Waals surface area (Å²) in [5.41, 5.74) is 7.73. The zero-order valence-corrected chi connectivity index (χ0v) is 11.3. The summed E-state index contributed by atoms with van der Waals surface area (Å²) in [6.45, 7) is 0.846. The Morgan fingerprint density at radius 2 is 2.06 bits per heavy atom. The number of aryl methyl sites for hydroxylation is 1. The molecular formula is C14H20BrN. The highest BCUT2D eigenvalue weighted by Crippen LogP contribution is 2.47. The molecule has 1 nitrogen and oxygen atoms in total. The third-order valence-electron chi connectivity index (χ3n) is 3.92. The molecule has 0 aromatic heterocycles. The standard InChI is InChI=1S/C14H20BrN/c15-13-4-1-3-12(11-13)5-8-14(9-10-16)6-2-7-14/h1,3-4,11H,2,5-10,16H2. The highest BCUT2D eigenvalue weighted by atomic mass is 79.9. The fourth-order valence-electron chi connectivity index (χ4n) is 2.71. The van der Waals surface area contributed by atoms with Gasteiger partial charge in [0.15, 0.2) is 0 Å². The van der Waals surface area contributed by atoms with Crippen molar-refractivity contribution < 1.29 is 0 Å². The molecule has 2 rings (SSSR count). The van der Waals surface area contributed by atoms with Crippen LogP contribution >= 0.6 is 15.9 Å². The van der Waals surface area contributed by atoms with Crippen LogP contribution in [0, 0.1) is 5.41 Å². The Balaban J connectivity index is 1.91. The normalized spacial score (nSPS) is 18.1. The van der Waals surface area contributed by atoms with Gasteiger partial charge in [-0.2, -0.15) is 0 Å². The molecule has 2 N–H and O–H groups in total. The molecule has 1 aromatic carbocycles. The van der Waals surface area contributed by atoms with Crippen molar-refractivity contribution in [3.8, 4) is 0 Å². The summed E-state index contributed by atoms with van der Waals surface area (Å²) in [4.78, 5) is 0. The van der Waals surface area contributed by atoms with E-state index in [-0.39, 0.29) is 0 Å². The van der Waals surface area contributed by atoms with Gasteiger partial charge in [0, 0.05) is 4.47 Å². The average molecular weight is 282 g/mol. The van der Waals surface area contributed by atoms with E-state index in [1.807, 2.05) is 0 Å². The fraction of sp³-hybridized carbons (Fsp3) is 0.571. The lowest BCUT2D eigenvalue weighted by molar-refractivity contribution is 0.110. The molecule has 0 bridgehead atoms. The zero-order chi connectivity index (χ0) is 11.4. The molecule has 0 spiro atoms. The van der Waals surface area contributed by atoms with Gasteiger partial charge in [0.05, 0.1) is 0 Å². The van der Waals surface area contributed by atoms with E-state index in [1.54, 1.807) is 0 Å². The molecule has 0 amide bonds. The summed E-state index contributed by atoms with van der Waals surface area (Å²) in [5, 5.41) is 0. The van der Waals surface area contributed by atoms with Gasteiger partial charge in [0.2, 0.25) is 0 Å². The summed E-state index contributed by atoms with van der Waals surface area (Å²) in [6.07, 6.45) is 7.88. The fourth-order valence-corrected chi connectivity index (χ4v) is 3.16. The highest BCUT2D eigenvalue weighted by molar-refractivity contribution is 9.10. The molecule has 1 aliphatic carbocycles. The molecule has 1 fully saturated rings. The molecule has 0 aliphatic heterocycles. The molecule has 0 saturated heterocycles. The first-order chi connectivity index (χ1) is 7.74. The van der Waals surface area contributed by atoms with Gasteiger partial charge >= 0.3 is 0 Å². The van der Waals surface area contributed by atoms with E-state index >= 15 is 0 Å². The maximum atomic E-state index is 5.71. The molecule has 0 atom stereocenters. The van der Waals surface area contributed by atoms with Crippen LogP contribution in [0.5, 0.6) is 0 Å².